The fraction of sp³-hybridized carbons (Fsp3) is 0.778. The number of hydrogen-bond acceptors (Lipinski definition) is 5. The van der Waals surface area contributed by atoms with Crippen LogP contribution in [0, 0.1) is 0 Å². The van der Waals surface area contributed by atoms with Crippen molar-refractivity contribution < 1.29 is 4.52 Å². The van der Waals surface area contributed by atoms with Crippen molar-refractivity contribution in [3.05, 3.63) is 11.7 Å². The fourth-order valence-electron chi connectivity index (χ4n) is 1.60. The van der Waals surface area contributed by atoms with Crippen molar-refractivity contribution in [1.82, 2.24) is 10.1 Å². The van der Waals surface area contributed by atoms with Gasteiger partial charge < -0.3 is 10.3 Å². The molecule has 1 aliphatic rings. The summed E-state index contributed by atoms with van der Waals surface area (Å²) >= 11 is 1.97. The highest BCUT2D eigenvalue weighted by molar-refractivity contribution is 7.99. The lowest BCUT2D eigenvalue weighted by atomic mass is 10.1. The largest absolute Gasteiger partial charge is 0.339 e. The van der Waals surface area contributed by atoms with Gasteiger partial charge in [-0.2, -0.15) is 16.7 Å². The maximum absolute atomic E-state index is 5.42. The molecular weight excluding hydrogens is 198 g/mol. The lowest BCUT2D eigenvalue weighted by Crippen LogP contribution is -2.10. The zero-order chi connectivity index (χ0) is 9.80. The number of nitrogens with two attached hydrogens (primary N) is 1. The lowest BCUT2D eigenvalue weighted by molar-refractivity contribution is 0.370. The molecule has 1 unspecified atom stereocenters. The Morgan fingerprint density at radius 1 is 1.57 bits per heavy atom. The number of aromatic nitrogens is 2. The van der Waals surface area contributed by atoms with Gasteiger partial charge in [0.2, 0.25) is 5.89 Å². The first kappa shape index (κ1) is 9.98. The molecule has 0 amide bonds. The van der Waals surface area contributed by atoms with Crippen LogP contribution in [-0.4, -0.2) is 28.2 Å². The van der Waals surface area contributed by atoms with Gasteiger partial charge in [0.05, 0.1) is 0 Å². The Morgan fingerprint density at radius 2 is 2.50 bits per heavy atom. The Bertz CT molecular complexity index is 283. The predicted octanol–water partition coefficient (Wildman–Crippen LogP) is 1.18. The zero-order valence-corrected chi connectivity index (χ0v) is 8.92. The molecule has 0 bridgehead atoms. The standard InChI is InChI=1S/C9H15N3OS/c10-4-3-8-11-9(12-13-8)7-2-1-5-14-6-7/h7H,1-6,10H2. The van der Waals surface area contributed by atoms with Crippen molar-refractivity contribution >= 4 is 11.8 Å². The highest BCUT2D eigenvalue weighted by Crippen LogP contribution is 2.29. The molecule has 78 valence electrons. The van der Waals surface area contributed by atoms with Gasteiger partial charge in [-0.15, -0.1) is 0 Å². The molecule has 1 aliphatic heterocycles. The van der Waals surface area contributed by atoms with Crippen molar-refractivity contribution in [2.75, 3.05) is 18.1 Å². The van der Waals surface area contributed by atoms with E-state index in [0.717, 1.165) is 11.6 Å². The van der Waals surface area contributed by atoms with Gasteiger partial charge >= 0.3 is 0 Å². The van der Waals surface area contributed by atoms with Crippen LogP contribution in [0.3, 0.4) is 0 Å². The average Bonchev–Trinajstić information content (AvgIpc) is 2.68. The minimum Gasteiger partial charge on any atom is -0.339 e. The van der Waals surface area contributed by atoms with Crippen molar-refractivity contribution in [3.8, 4) is 0 Å². The SMILES string of the molecule is NCCc1nc(C2CCCSC2)no1. The van der Waals surface area contributed by atoms with E-state index >= 15 is 0 Å². The number of hydrogen-bond donors (Lipinski definition) is 1. The summed E-state index contributed by atoms with van der Waals surface area (Å²) in [5.74, 6) is 4.44. The molecule has 1 aromatic heterocycles. The molecule has 0 radical (unpaired) electrons. The van der Waals surface area contributed by atoms with Crippen LogP contribution >= 0.6 is 11.8 Å². The second-order valence-corrected chi connectivity index (χ2v) is 4.65. The summed E-state index contributed by atoms with van der Waals surface area (Å²) in [6.45, 7) is 0.570. The van der Waals surface area contributed by atoms with Crippen LogP contribution in [0.4, 0.5) is 0 Å². The minimum absolute atomic E-state index is 0.490. The molecule has 5 heteroatoms. The van der Waals surface area contributed by atoms with E-state index in [9.17, 15) is 0 Å². The summed E-state index contributed by atoms with van der Waals surface area (Å²) in [6, 6.07) is 0. The molecule has 4 nitrogen and oxygen atoms in total. The van der Waals surface area contributed by atoms with Gasteiger partial charge in [0, 0.05) is 24.6 Å². The molecule has 1 aromatic rings. The molecule has 0 saturated carbocycles. The van der Waals surface area contributed by atoms with E-state index in [1.54, 1.807) is 0 Å². The summed E-state index contributed by atoms with van der Waals surface area (Å²) in [7, 11) is 0. The van der Waals surface area contributed by atoms with Crippen LogP contribution in [0.15, 0.2) is 4.52 Å². The van der Waals surface area contributed by atoms with Crippen LogP contribution in [0.25, 0.3) is 0 Å². The Labute approximate surface area is 87.6 Å². The van der Waals surface area contributed by atoms with Gasteiger partial charge in [0.1, 0.15) is 0 Å². The van der Waals surface area contributed by atoms with Crippen LogP contribution in [0.2, 0.25) is 0 Å². The van der Waals surface area contributed by atoms with Gasteiger partial charge in [0.25, 0.3) is 0 Å². The quantitative estimate of drug-likeness (QED) is 0.816. The highest BCUT2D eigenvalue weighted by Gasteiger charge is 2.20. The van der Waals surface area contributed by atoms with E-state index in [1.807, 2.05) is 11.8 Å². The summed E-state index contributed by atoms with van der Waals surface area (Å²) in [4.78, 5) is 4.35. The normalized spacial score (nSPS) is 22.5. The summed E-state index contributed by atoms with van der Waals surface area (Å²) in [5, 5.41) is 4.00. The fourth-order valence-corrected chi connectivity index (χ4v) is 2.74. The maximum atomic E-state index is 5.42. The Hall–Kier alpha value is -0.550. The second-order valence-electron chi connectivity index (χ2n) is 3.50. The molecular formula is C9H15N3OS. The first-order valence-corrected chi connectivity index (χ1v) is 6.16. The number of rotatable bonds is 3. The monoisotopic (exact) mass is 213 g/mol. The Kier molecular flexibility index (Phi) is 3.42. The third kappa shape index (κ3) is 2.27. The summed E-state index contributed by atoms with van der Waals surface area (Å²) in [6.07, 6.45) is 3.14. The lowest BCUT2D eigenvalue weighted by Gasteiger charge is -2.17. The van der Waals surface area contributed by atoms with Crippen molar-refractivity contribution in [2.45, 2.75) is 25.2 Å². The van der Waals surface area contributed by atoms with Crippen LogP contribution in [0.1, 0.15) is 30.5 Å². The van der Waals surface area contributed by atoms with Gasteiger partial charge in [-0.1, -0.05) is 5.16 Å². The molecule has 2 rings (SSSR count). The first-order chi connectivity index (χ1) is 6.90. The molecule has 0 aliphatic carbocycles. The second kappa shape index (κ2) is 4.79. The summed E-state index contributed by atoms with van der Waals surface area (Å²) in [5.41, 5.74) is 5.42. The molecule has 2 heterocycles. The molecule has 1 saturated heterocycles. The van der Waals surface area contributed by atoms with E-state index in [2.05, 4.69) is 10.1 Å². The van der Waals surface area contributed by atoms with E-state index in [0.29, 0.717) is 24.8 Å². The molecule has 0 spiro atoms. The van der Waals surface area contributed by atoms with Crippen LogP contribution in [-0.2, 0) is 6.42 Å². The van der Waals surface area contributed by atoms with Gasteiger partial charge in [-0.25, -0.2) is 0 Å². The first-order valence-electron chi connectivity index (χ1n) is 5.00. The molecule has 1 fully saturated rings. The van der Waals surface area contributed by atoms with Crippen molar-refractivity contribution in [1.29, 1.82) is 0 Å². The van der Waals surface area contributed by atoms with Gasteiger partial charge in [-0.05, 0) is 18.6 Å². The highest BCUT2D eigenvalue weighted by atomic mass is 32.2. The topological polar surface area (TPSA) is 64.9 Å². The van der Waals surface area contributed by atoms with E-state index in [-0.39, 0.29) is 0 Å². The molecule has 14 heavy (non-hydrogen) atoms. The summed E-state index contributed by atoms with van der Waals surface area (Å²) < 4.78 is 5.11. The van der Waals surface area contributed by atoms with E-state index in [4.69, 9.17) is 10.3 Å². The Morgan fingerprint density at radius 3 is 3.21 bits per heavy atom. The zero-order valence-electron chi connectivity index (χ0n) is 8.11. The van der Waals surface area contributed by atoms with Gasteiger partial charge in [-0.3, -0.25) is 0 Å². The average molecular weight is 213 g/mol. The van der Waals surface area contributed by atoms with Gasteiger partial charge in [0.15, 0.2) is 5.82 Å². The van der Waals surface area contributed by atoms with E-state index < -0.39 is 0 Å². The van der Waals surface area contributed by atoms with Crippen LogP contribution in [0.5, 0.6) is 0 Å². The maximum Gasteiger partial charge on any atom is 0.227 e. The van der Waals surface area contributed by atoms with E-state index in [1.165, 1.54) is 18.6 Å². The van der Waals surface area contributed by atoms with Crippen molar-refractivity contribution in [3.63, 3.8) is 0 Å². The molecule has 2 N–H and O–H groups in total. The Balaban J connectivity index is 2.00. The van der Waals surface area contributed by atoms with Crippen LogP contribution < -0.4 is 5.73 Å². The smallest absolute Gasteiger partial charge is 0.227 e. The van der Waals surface area contributed by atoms with Crippen molar-refractivity contribution in [2.24, 2.45) is 5.73 Å². The molecule has 1 atom stereocenters. The third-order valence-electron chi connectivity index (χ3n) is 2.37. The number of thioether (sulfide) groups is 1. The minimum atomic E-state index is 0.490. The molecule has 0 aromatic carbocycles. The number of nitrogens with zero attached hydrogens (tertiary/aromatic N) is 2. The third-order valence-corrected chi connectivity index (χ3v) is 3.58. The predicted molar refractivity (Wildman–Crippen MR) is 56.4 cm³/mol.